The third-order valence-corrected chi connectivity index (χ3v) is 5.89. The lowest BCUT2D eigenvalue weighted by atomic mass is 10.0. The lowest BCUT2D eigenvalue weighted by Crippen LogP contribution is -2.39. The summed E-state index contributed by atoms with van der Waals surface area (Å²) < 4.78 is 38.8. The molecule has 0 unspecified atom stereocenters. The third-order valence-electron chi connectivity index (χ3n) is 5.34. The van der Waals surface area contributed by atoms with Crippen molar-refractivity contribution in [2.24, 2.45) is 5.73 Å². The second kappa shape index (κ2) is 11.4. The summed E-state index contributed by atoms with van der Waals surface area (Å²) in [7, 11) is 0. The van der Waals surface area contributed by atoms with Crippen molar-refractivity contribution in [3.63, 3.8) is 0 Å². The molecule has 2 aromatic heterocycles. The number of nitrogens with one attached hydrogen (secondary N) is 1. The molecule has 4 rings (SSSR count). The van der Waals surface area contributed by atoms with E-state index in [0.29, 0.717) is 34.7 Å². The fourth-order valence-corrected chi connectivity index (χ4v) is 4.08. The van der Waals surface area contributed by atoms with E-state index in [-0.39, 0.29) is 18.5 Å². The number of nitrogens with two attached hydrogens (primary N) is 1. The number of fused-ring (bicyclic) bond motifs is 1. The van der Waals surface area contributed by atoms with Crippen LogP contribution in [0.4, 0.5) is 13.2 Å². The van der Waals surface area contributed by atoms with Gasteiger partial charge in [-0.2, -0.15) is 13.2 Å². The fourth-order valence-electron chi connectivity index (χ4n) is 3.58. The largest absolute Gasteiger partial charge is 0.490 e. The average Bonchev–Trinajstić information content (AvgIpc) is 3.23. The van der Waals surface area contributed by atoms with Crippen LogP contribution in [0.15, 0.2) is 24.4 Å². The number of carbonyl (C=O) groups excluding carboxylic acids is 1. The van der Waals surface area contributed by atoms with Crippen molar-refractivity contribution < 1.29 is 32.6 Å². The van der Waals surface area contributed by atoms with Crippen LogP contribution in [-0.4, -0.2) is 56.8 Å². The number of aryl methyl sites for hydroxylation is 1. The Morgan fingerprint density at radius 2 is 1.89 bits per heavy atom. The molecule has 1 fully saturated rings. The molecule has 36 heavy (non-hydrogen) atoms. The van der Waals surface area contributed by atoms with Gasteiger partial charge in [0.05, 0.1) is 10.7 Å². The molecule has 4 N–H and O–H groups in total. The lowest BCUT2D eigenvalue weighted by Gasteiger charge is -2.22. The maximum absolute atomic E-state index is 12.8. The molecule has 9 nitrogen and oxygen atoms in total. The van der Waals surface area contributed by atoms with Crippen molar-refractivity contribution in [1.82, 2.24) is 19.7 Å². The Bertz CT molecular complexity index is 1280. The summed E-state index contributed by atoms with van der Waals surface area (Å²) in [6, 6.07) is 5.36. The highest BCUT2D eigenvalue weighted by molar-refractivity contribution is 6.36. The molecule has 3 heterocycles. The number of alkyl halides is 3. The number of aromatic nitrogens is 3. The Hall–Kier alpha value is -2.93. The second-order valence-electron chi connectivity index (χ2n) is 7.81. The standard InChI is InChI=1S/C20H21Cl2N5O2.C2HF3O2/c1-11-15(9-23)18(14-3-2-12(21)8-16(14)22)27-10-17(26-20(27)24-11)19(28)25-13-4-6-29-7-5-13;3-2(4,5)1(6)7/h2-3,8,10,13H,4-7,9,23H2,1H3,(H,25,28);(H,6,7). The van der Waals surface area contributed by atoms with E-state index in [1.807, 2.05) is 13.0 Å². The molecule has 1 aliphatic heterocycles. The summed E-state index contributed by atoms with van der Waals surface area (Å²) in [6.07, 6.45) is -1.82. The number of ether oxygens (including phenoxy) is 1. The zero-order valence-electron chi connectivity index (χ0n) is 18.9. The number of hydrogen-bond donors (Lipinski definition) is 3. The highest BCUT2D eigenvalue weighted by Gasteiger charge is 2.38. The number of halogens is 5. The number of carbonyl (C=O) groups is 2. The molecule has 1 amide bonds. The van der Waals surface area contributed by atoms with Crippen LogP contribution in [0.2, 0.25) is 10.0 Å². The van der Waals surface area contributed by atoms with Crippen LogP contribution in [0.5, 0.6) is 0 Å². The van der Waals surface area contributed by atoms with E-state index >= 15 is 0 Å². The van der Waals surface area contributed by atoms with Crippen LogP contribution in [0, 0.1) is 6.92 Å². The zero-order chi connectivity index (χ0) is 26.6. The number of rotatable bonds is 4. The van der Waals surface area contributed by atoms with Crippen LogP contribution >= 0.6 is 23.2 Å². The van der Waals surface area contributed by atoms with E-state index < -0.39 is 12.1 Å². The summed E-state index contributed by atoms with van der Waals surface area (Å²) >= 11 is 12.5. The van der Waals surface area contributed by atoms with E-state index in [1.165, 1.54) is 0 Å². The van der Waals surface area contributed by atoms with Gasteiger partial charge in [0.25, 0.3) is 5.91 Å². The SMILES string of the molecule is Cc1nc2nc(C(=O)NC3CCOCC3)cn2c(-c2ccc(Cl)cc2Cl)c1CN.O=C(O)C(F)(F)F. The van der Waals surface area contributed by atoms with Crippen molar-refractivity contribution in [2.45, 2.75) is 38.5 Å². The molecule has 14 heteroatoms. The fraction of sp³-hybridized carbons (Fsp3) is 0.364. The van der Waals surface area contributed by atoms with Crippen molar-refractivity contribution in [1.29, 1.82) is 0 Å². The highest BCUT2D eigenvalue weighted by Crippen LogP contribution is 2.34. The topological polar surface area (TPSA) is 132 Å². The molecular weight excluding hydrogens is 526 g/mol. The normalized spacial score (nSPS) is 14.3. The number of benzene rings is 1. The Kier molecular flexibility index (Phi) is 8.77. The van der Waals surface area contributed by atoms with Gasteiger partial charge in [-0.15, -0.1) is 0 Å². The van der Waals surface area contributed by atoms with Gasteiger partial charge in [-0.05, 0) is 38.0 Å². The maximum atomic E-state index is 12.8. The Morgan fingerprint density at radius 1 is 1.25 bits per heavy atom. The van der Waals surface area contributed by atoms with Gasteiger partial charge in [0, 0.05) is 53.8 Å². The van der Waals surface area contributed by atoms with Gasteiger partial charge >= 0.3 is 12.1 Å². The number of carboxylic acids is 1. The van der Waals surface area contributed by atoms with E-state index in [0.717, 1.165) is 35.4 Å². The van der Waals surface area contributed by atoms with Crippen LogP contribution in [0.3, 0.4) is 0 Å². The van der Waals surface area contributed by atoms with E-state index in [2.05, 4.69) is 15.3 Å². The molecule has 0 spiro atoms. The van der Waals surface area contributed by atoms with Gasteiger partial charge in [0.2, 0.25) is 5.78 Å². The van der Waals surface area contributed by atoms with Crippen LogP contribution in [-0.2, 0) is 16.1 Å². The van der Waals surface area contributed by atoms with Gasteiger partial charge in [0.1, 0.15) is 5.69 Å². The monoisotopic (exact) mass is 547 g/mol. The molecule has 0 saturated carbocycles. The van der Waals surface area contributed by atoms with Crippen molar-refractivity contribution in [3.8, 4) is 11.3 Å². The first-order valence-electron chi connectivity index (χ1n) is 10.6. The van der Waals surface area contributed by atoms with Gasteiger partial charge in [-0.1, -0.05) is 23.2 Å². The number of amides is 1. The number of aliphatic carboxylic acids is 1. The molecule has 1 aromatic carbocycles. The van der Waals surface area contributed by atoms with Gasteiger partial charge in [-0.25, -0.2) is 14.8 Å². The first-order valence-corrected chi connectivity index (χ1v) is 11.4. The number of imidazole rings is 1. The van der Waals surface area contributed by atoms with Crippen molar-refractivity contribution in [2.75, 3.05) is 13.2 Å². The van der Waals surface area contributed by atoms with Gasteiger partial charge in [-0.3, -0.25) is 9.20 Å². The Labute approximate surface area is 213 Å². The lowest BCUT2D eigenvalue weighted by molar-refractivity contribution is -0.192. The summed E-state index contributed by atoms with van der Waals surface area (Å²) in [5, 5.41) is 11.2. The van der Waals surface area contributed by atoms with E-state index in [9.17, 15) is 18.0 Å². The Morgan fingerprint density at radius 3 is 2.44 bits per heavy atom. The van der Waals surface area contributed by atoms with E-state index in [1.54, 1.807) is 22.7 Å². The molecule has 0 radical (unpaired) electrons. The molecule has 194 valence electrons. The summed E-state index contributed by atoms with van der Waals surface area (Å²) in [5.74, 6) is -2.58. The average molecular weight is 548 g/mol. The van der Waals surface area contributed by atoms with Crippen LogP contribution < -0.4 is 11.1 Å². The third kappa shape index (κ3) is 6.44. The molecule has 1 saturated heterocycles. The first-order chi connectivity index (χ1) is 16.9. The molecule has 0 atom stereocenters. The molecule has 0 bridgehead atoms. The first kappa shape index (κ1) is 27.7. The molecular formula is C22H22Cl2F3N5O4. The quantitative estimate of drug-likeness (QED) is 0.449. The second-order valence-corrected chi connectivity index (χ2v) is 8.66. The van der Waals surface area contributed by atoms with Crippen LogP contribution in [0.1, 0.15) is 34.6 Å². The minimum atomic E-state index is -5.08. The zero-order valence-corrected chi connectivity index (χ0v) is 20.4. The predicted octanol–water partition coefficient (Wildman–Crippen LogP) is 4.01. The van der Waals surface area contributed by atoms with Crippen molar-refractivity contribution >= 4 is 40.9 Å². The van der Waals surface area contributed by atoms with Crippen molar-refractivity contribution in [3.05, 3.63) is 51.4 Å². The van der Waals surface area contributed by atoms with Crippen LogP contribution in [0.25, 0.3) is 17.0 Å². The smallest absolute Gasteiger partial charge is 0.475 e. The van der Waals surface area contributed by atoms with E-state index in [4.69, 9.17) is 43.6 Å². The van der Waals surface area contributed by atoms with Gasteiger partial charge in [0.15, 0.2) is 0 Å². The minimum Gasteiger partial charge on any atom is -0.475 e. The summed E-state index contributed by atoms with van der Waals surface area (Å²) in [6.45, 7) is 3.43. The molecule has 3 aromatic rings. The number of carboxylic acid groups (broad SMARTS) is 1. The van der Waals surface area contributed by atoms with Gasteiger partial charge < -0.3 is 20.9 Å². The summed E-state index contributed by atoms with van der Waals surface area (Å²) in [4.78, 5) is 30.6. The number of hydrogen-bond acceptors (Lipinski definition) is 6. The Balaban J connectivity index is 0.000000454. The number of nitrogens with zero attached hydrogens (tertiary/aromatic N) is 3. The minimum absolute atomic E-state index is 0.0838. The molecule has 1 aliphatic rings. The summed E-state index contributed by atoms with van der Waals surface area (Å²) in [5.41, 5.74) is 9.39. The molecule has 0 aliphatic carbocycles. The maximum Gasteiger partial charge on any atom is 0.490 e. The predicted molar refractivity (Wildman–Crippen MR) is 126 cm³/mol. The highest BCUT2D eigenvalue weighted by atomic mass is 35.5.